The van der Waals surface area contributed by atoms with Crippen molar-refractivity contribution >= 4 is 5.82 Å². The Morgan fingerprint density at radius 3 is 2.57 bits per heavy atom. The maximum Gasteiger partial charge on any atom is 0.329 e. The van der Waals surface area contributed by atoms with Crippen LogP contribution in [0.5, 0.6) is 0 Å². The van der Waals surface area contributed by atoms with Crippen LogP contribution in [0.2, 0.25) is 0 Å². The van der Waals surface area contributed by atoms with Gasteiger partial charge in [-0.25, -0.2) is 13.6 Å². The van der Waals surface area contributed by atoms with E-state index < -0.39 is 17.3 Å². The Morgan fingerprint density at radius 2 is 1.91 bits per heavy atom. The molecule has 1 saturated heterocycles. The Balaban J connectivity index is 1.92. The third-order valence-electron chi connectivity index (χ3n) is 4.57. The zero-order chi connectivity index (χ0) is 16.7. The van der Waals surface area contributed by atoms with Crippen molar-refractivity contribution in [2.24, 2.45) is 7.05 Å². The van der Waals surface area contributed by atoms with E-state index in [2.05, 4.69) is 4.98 Å². The van der Waals surface area contributed by atoms with E-state index >= 15 is 0 Å². The largest absolute Gasteiger partial charge is 0.355 e. The highest BCUT2D eigenvalue weighted by Crippen LogP contribution is 2.35. The molecule has 1 aromatic heterocycles. The van der Waals surface area contributed by atoms with Crippen LogP contribution in [0.1, 0.15) is 24.8 Å². The summed E-state index contributed by atoms with van der Waals surface area (Å²) in [7, 11) is 1.41. The number of hydrogen-bond acceptors (Lipinski definition) is 3. The van der Waals surface area contributed by atoms with Crippen molar-refractivity contribution in [2.75, 3.05) is 11.4 Å². The number of benzene rings is 1. The molecule has 23 heavy (non-hydrogen) atoms. The third kappa shape index (κ3) is 2.67. The molecular formula is C16H17F2N3O2. The molecule has 1 fully saturated rings. The van der Waals surface area contributed by atoms with Gasteiger partial charge in [0, 0.05) is 31.6 Å². The molecular weight excluding hydrogens is 304 g/mol. The maximum absolute atomic E-state index is 13.4. The van der Waals surface area contributed by atoms with Crippen LogP contribution in [-0.2, 0) is 7.05 Å². The van der Waals surface area contributed by atoms with Crippen LogP contribution in [0.3, 0.4) is 0 Å². The van der Waals surface area contributed by atoms with Crippen molar-refractivity contribution in [3.8, 4) is 0 Å². The number of nitrogens with zero attached hydrogens (tertiary/aromatic N) is 2. The van der Waals surface area contributed by atoms with E-state index in [4.69, 9.17) is 0 Å². The number of nitrogens with one attached hydrogen (secondary N) is 1. The molecule has 2 heterocycles. The van der Waals surface area contributed by atoms with Crippen LogP contribution in [0.25, 0.3) is 0 Å². The molecule has 0 saturated carbocycles. The highest BCUT2D eigenvalue weighted by Gasteiger charge is 2.33. The highest BCUT2D eigenvalue weighted by molar-refractivity contribution is 5.42. The SMILES string of the molecule is CC1C(c2ccc(F)c(F)c2)CCN1c1cc(=O)n(C)c(=O)[nH]1. The molecule has 3 rings (SSSR count). The summed E-state index contributed by atoms with van der Waals surface area (Å²) in [6.45, 7) is 2.56. The molecule has 0 amide bonds. The molecule has 1 aromatic carbocycles. The van der Waals surface area contributed by atoms with E-state index in [1.807, 2.05) is 11.8 Å². The van der Waals surface area contributed by atoms with Gasteiger partial charge in [-0.1, -0.05) is 6.07 Å². The van der Waals surface area contributed by atoms with Crippen molar-refractivity contribution in [2.45, 2.75) is 25.3 Å². The fourth-order valence-electron chi connectivity index (χ4n) is 3.17. The molecule has 1 aliphatic rings. The van der Waals surface area contributed by atoms with Gasteiger partial charge in [0.15, 0.2) is 11.6 Å². The molecule has 7 heteroatoms. The second-order valence-electron chi connectivity index (χ2n) is 5.86. The Morgan fingerprint density at radius 1 is 1.17 bits per heavy atom. The van der Waals surface area contributed by atoms with Gasteiger partial charge in [-0.15, -0.1) is 0 Å². The summed E-state index contributed by atoms with van der Waals surface area (Å²) >= 11 is 0. The highest BCUT2D eigenvalue weighted by atomic mass is 19.2. The van der Waals surface area contributed by atoms with E-state index in [0.717, 1.165) is 17.1 Å². The molecule has 0 bridgehead atoms. The first-order valence-corrected chi connectivity index (χ1v) is 7.40. The van der Waals surface area contributed by atoms with Gasteiger partial charge in [-0.3, -0.25) is 14.3 Å². The van der Waals surface area contributed by atoms with Crippen LogP contribution >= 0.6 is 0 Å². The average molecular weight is 321 g/mol. The van der Waals surface area contributed by atoms with Gasteiger partial charge in [0.05, 0.1) is 0 Å². The third-order valence-corrected chi connectivity index (χ3v) is 4.57. The minimum Gasteiger partial charge on any atom is -0.355 e. The van der Waals surface area contributed by atoms with Crippen LogP contribution in [0.15, 0.2) is 33.9 Å². The first-order chi connectivity index (χ1) is 10.9. The van der Waals surface area contributed by atoms with Crippen molar-refractivity contribution in [1.29, 1.82) is 0 Å². The van der Waals surface area contributed by atoms with Crippen molar-refractivity contribution in [3.05, 3.63) is 62.3 Å². The van der Waals surface area contributed by atoms with E-state index in [1.54, 1.807) is 6.07 Å². The fraction of sp³-hybridized carbons (Fsp3) is 0.375. The van der Waals surface area contributed by atoms with Gasteiger partial charge in [0.1, 0.15) is 5.82 Å². The number of aromatic nitrogens is 2. The summed E-state index contributed by atoms with van der Waals surface area (Å²) in [5, 5.41) is 0. The average Bonchev–Trinajstić information content (AvgIpc) is 2.89. The van der Waals surface area contributed by atoms with Crippen molar-refractivity contribution in [3.63, 3.8) is 0 Å². The minimum absolute atomic E-state index is 0.00217. The van der Waals surface area contributed by atoms with Gasteiger partial charge in [0.25, 0.3) is 5.56 Å². The monoisotopic (exact) mass is 321 g/mol. The Kier molecular flexibility index (Phi) is 3.79. The van der Waals surface area contributed by atoms with Crippen LogP contribution in [-0.4, -0.2) is 22.1 Å². The summed E-state index contributed by atoms with van der Waals surface area (Å²) in [5.74, 6) is -1.28. The Bertz CT molecular complexity index is 828. The summed E-state index contributed by atoms with van der Waals surface area (Å²) in [6, 6.07) is 5.25. The van der Waals surface area contributed by atoms with Crippen molar-refractivity contribution in [1.82, 2.24) is 9.55 Å². The lowest BCUT2D eigenvalue weighted by atomic mass is 9.92. The van der Waals surface area contributed by atoms with E-state index in [9.17, 15) is 18.4 Å². The molecule has 1 N–H and O–H groups in total. The Labute approximate surface area is 131 Å². The van der Waals surface area contributed by atoms with Crippen LogP contribution in [0.4, 0.5) is 14.6 Å². The predicted octanol–water partition coefficient (Wildman–Crippen LogP) is 1.73. The van der Waals surface area contributed by atoms with Gasteiger partial charge in [-0.2, -0.15) is 0 Å². The molecule has 0 aliphatic carbocycles. The second-order valence-corrected chi connectivity index (χ2v) is 5.86. The zero-order valence-electron chi connectivity index (χ0n) is 12.8. The first kappa shape index (κ1) is 15.5. The second kappa shape index (κ2) is 5.64. The molecule has 0 spiro atoms. The fourth-order valence-corrected chi connectivity index (χ4v) is 3.17. The molecule has 0 radical (unpaired) electrons. The molecule has 2 atom stereocenters. The standard InChI is InChI=1S/C16H17F2N3O2/c1-9-11(10-3-4-12(17)13(18)7-10)5-6-21(9)14-8-15(22)20(2)16(23)19-14/h3-4,7-9,11H,5-6H2,1-2H3,(H,19,23). The molecule has 5 nitrogen and oxygen atoms in total. The summed E-state index contributed by atoms with van der Waals surface area (Å²) < 4.78 is 27.5. The van der Waals surface area contributed by atoms with Crippen LogP contribution in [0, 0.1) is 11.6 Å². The quantitative estimate of drug-likeness (QED) is 0.916. The number of hydrogen-bond donors (Lipinski definition) is 1. The van der Waals surface area contributed by atoms with E-state index in [-0.39, 0.29) is 17.5 Å². The normalized spacial score (nSPS) is 21.0. The number of rotatable bonds is 2. The maximum atomic E-state index is 13.4. The molecule has 2 unspecified atom stereocenters. The minimum atomic E-state index is -0.868. The topological polar surface area (TPSA) is 58.1 Å². The van der Waals surface area contributed by atoms with Gasteiger partial charge < -0.3 is 4.90 Å². The lowest BCUT2D eigenvalue weighted by Crippen LogP contribution is -2.37. The van der Waals surface area contributed by atoms with Crippen LogP contribution < -0.4 is 16.1 Å². The van der Waals surface area contributed by atoms with E-state index in [1.165, 1.54) is 19.2 Å². The lowest BCUT2D eigenvalue weighted by molar-refractivity contribution is 0.503. The van der Waals surface area contributed by atoms with Gasteiger partial charge in [0.2, 0.25) is 0 Å². The zero-order valence-corrected chi connectivity index (χ0v) is 12.8. The van der Waals surface area contributed by atoms with E-state index in [0.29, 0.717) is 17.9 Å². The number of aromatic amines is 1. The summed E-state index contributed by atoms with van der Waals surface area (Å²) in [5.41, 5.74) is -0.145. The van der Waals surface area contributed by atoms with Gasteiger partial charge in [-0.05, 0) is 31.0 Å². The lowest BCUT2D eigenvalue weighted by Gasteiger charge is -2.26. The summed E-state index contributed by atoms with van der Waals surface area (Å²) in [4.78, 5) is 28.1. The predicted molar refractivity (Wildman–Crippen MR) is 82.8 cm³/mol. The Hall–Kier alpha value is -2.44. The summed E-state index contributed by atoms with van der Waals surface area (Å²) in [6.07, 6.45) is 0.726. The molecule has 122 valence electrons. The number of H-pyrrole nitrogens is 1. The first-order valence-electron chi connectivity index (χ1n) is 7.40. The number of anilines is 1. The molecule has 2 aromatic rings. The van der Waals surface area contributed by atoms with Gasteiger partial charge >= 0.3 is 5.69 Å². The van der Waals surface area contributed by atoms with Crippen molar-refractivity contribution < 1.29 is 8.78 Å². The molecule has 1 aliphatic heterocycles. The smallest absolute Gasteiger partial charge is 0.329 e. The number of halogens is 2.